The molecule has 1 saturated carbocycles. The minimum absolute atomic E-state index is 0.437. The summed E-state index contributed by atoms with van der Waals surface area (Å²) in [5.41, 5.74) is 9.60. The second-order valence-electron chi connectivity index (χ2n) is 5.49. The molecule has 0 saturated heterocycles. The average Bonchev–Trinajstić information content (AvgIpc) is 2.28. The second kappa shape index (κ2) is 5.72. The molecule has 1 aliphatic carbocycles. The van der Waals surface area contributed by atoms with Gasteiger partial charge in [0.15, 0.2) is 0 Å². The Hall–Kier alpha value is -1.06. The molecule has 0 radical (unpaired) electrons. The summed E-state index contributed by atoms with van der Waals surface area (Å²) < 4.78 is 5.46. The van der Waals surface area contributed by atoms with Gasteiger partial charge in [0.05, 0.1) is 7.11 Å². The Morgan fingerprint density at radius 2 is 2.06 bits per heavy atom. The van der Waals surface area contributed by atoms with Gasteiger partial charge in [-0.15, -0.1) is 0 Å². The Bertz CT molecular complexity index is 411. The molecule has 0 unspecified atom stereocenters. The van der Waals surface area contributed by atoms with Crippen LogP contribution in [-0.2, 0) is 6.54 Å². The summed E-state index contributed by atoms with van der Waals surface area (Å²) in [4.78, 5) is 0. The predicted octanol–water partition coefficient (Wildman–Crippen LogP) is 2.14. The molecule has 1 aromatic carbocycles. The fourth-order valence-corrected chi connectivity index (χ4v) is 2.72. The van der Waals surface area contributed by atoms with Gasteiger partial charge in [-0.25, -0.2) is 0 Å². The lowest BCUT2D eigenvalue weighted by atomic mass is 9.81. The van der Waals surface area contributed by atoms with Gasteiger partial charge < -0.3 is 15.8 Å². The number of nitrogens with one attached hydrogen (secondary N) is 1. The second-order valence-corrected chi connectivity index (χ2v) is 5.49. The lowest BCUT2D eigenvalue weighted by Gasteiger charge is -2.32. The van der Waals surface area contributed by atoms with Crippen molar-refractivity contribution >= 4 is 0 Å². The van der Waals surface area contributed by atoms with E-state index in [1.54, 1.807) is 7.11 Å². The molecule has 1 aromatic rings. The minimum Gasteiger partial charge on any atom is -0.496 e. The Balaban J connectivity index is 1.92. The highest BCUT2D eigenvalue weighted by Crippen LogP contribution is 2.26. The molecule has 0 atom stereocenters. The van der Waals surface area contributed by atoms with Crippen molar-refractivity contribution in [3.05, 3.63) is 28.8 Å². The van der Waals surface area contributed by atoms with Crippen molar-refractivity contribution in [3.8, 4) is 5.75 Å². The number of hydrogen-bond donors (Lipinski definition) is 2. The molecule has 0 aliphatic heterocycles. The first-order chi connectivity index (χ1) is 8.60. The van der Waals surface area contributed by atoms with Crippen molar-refractivity contribution in [3.63, 3.8) is 0 Å². The van der Waals surface area contributed by atoms with E-state index in [0.29, 0.717) is 6.04 Å². The summed E-state index contributed by atoms with van der Waals surface area (Å²) >= 11 is 0. The van der Waals surface area contributed by atoms with Crippen LogP contribution >= 0.6 is 0 Å². The van der Waals surface area contributed by atoms with Crippen LogP contribution in [0.25, 0.3) is 0 Å². The number of ether oxygens (including phenoxy) is 1. The molecule has 3 N–H and O–H groups in total. The van der Waals surface area contributed by atoms with Crippen molar-refractivity contribution in [2.24, 2.45) is 11.7 Å². The maximum Gasteiger partial charge on any atom is 0.123 e. The number of rotatable bonds is 5. The Labute approximate surface area is 110 Å². The van der Waals surface area contributed by atoms with Crippen molar-refractivity contribution in [2.75, 3.05) is 13.7 Å². The Morgan fingerprint density at radius 3 is 2.67 bits per heavy atom. The van der Waals surface area contributed by atoms with Gasteiger partial charge in [0.1, 0.15) is 5.75 Å². The topological polar surface area (TPSA) is 47.3 Å². The summed E-state index contributed by atoms with van der Waals surface area (Å²) in [5.74, 6) is 1.75. The summed E-state index contributed by atoms with van der Waals surface area (Å²) in [7, 11) is 1.74. The third-order valence-corrected chi connectivity index (χ3v) is 3.80. The van der Waals surface area contributed by atoms with Gasteiger partial charge >= 0.3 is 0 Å². The lowest BCUT2D eigenvalue weighted by molar-refractivity contribution is 0.255. The number of methoxy groups -OCH3 is 1. The number of aryl methyl sites for hydroxylation is 2. The van der Waals surface area contributed by atoms with Gasteiger partial charge in [-0.3, -0.25) is 0 Å². The fourth-order valence-electron chi connectivity index (χ4n) is 2.72. The highest BCUT2D eigenvalue weighted by molar-refractivity contribution is 5.42. The predicted molar refractivity (Wildman–Crippen MR) is 74.9 cm³/mol. The highest BCUT2D eigenvalue weighted by Gasteiger charge is 2.25. The lowest BCUT2D eigenvalue weighted by Crippen LogP contribution is -2.41. The van der Waals surface area contributed by atoms with E-state index in [-0.39, 0.29) is 0 Å². The quantitative estimate of drug-likeness (QED) is 0.839. The summed E-state index contributed by atoms with van der Waals surface area (Å²) in [5, 5.41) is 3.52. The third kappa shape index (κ3) is 3.03. The van der Waals surface area contributed by atoms with Gasteiger partial charge in [0, 0.05) is 18.2 Å². The number of hydrogen-bond acceptors (Lipinski definition) is 3. The van der Waals surface area contributed by atoms with Gasteiger partial charge in [-0.2, -0.15) is 0 Å². The van der Waals surface area contributed by atoms with Gasteiger partial charge in [0.2, 0.25) is 0 Å². The van der Waals surface area contributed by atoms with Crippen molar-refractivity contribution in [2.45, 2.75) is 39.3 Å². The first-order valence-corrected chi connectivity index (χ1v) is 6.70. The third-order valence-electron chi connectivity index (χ3n) is 3.80. The van der Waals surface area contributed by atoms with Crippen molar-refractivity contribution in [1.29, 1.82) is 0 Å². The summed E-state index contributed by atoms with van der Waals surface area (Å²) in [6, 6.07) is 4.75. The summed E-state index contributed by atoms with van der Waals surface area (Å²) in [6.07, 6.45) is 2.33. The Morgan fingerprint density at radius 1 is 1.33 bits per heavy atom. The molecule has 0 heterocycles. The van der Waals surface area contributed by atoms with Crippen LogP contribution in [0, 0.1) is 19.8 Å². The Kier molecular flexibility index (Phi) is 4.25. The van der Waals surface area contributed by atoms with Crippen LogP contribution in [0.15, 0.2) is 12.1 Å². The zero-order valence-electron chi connectivity index (χ0n) is 11.6. The average molecular weight is 248 g/mol. The molecule has 1 aliphatic rings. The van der Waals surface area contributed by atoms with E-state index in [1.807, 2.05) is 0 Å². The van der Waals surface area contributed by atoms with E-state index >= 15 is 0 Å². The molecule has 0 amide bonds. The van der Waals surface area contributed by atoms with Crippen molar-refractivity contribution < 1.29 is 4.74 Å². The fraction of sp³-hybridized carbons (Fsp3) is 0.600. The van der Waals surface area contributed by atoms with E-state index in [9.17, 15) is 0 Å². The van der Waals surface area contributed by atoms with E-state index in [2.05, 4.69) is 31.3 Å². The molecule has 2 rings (SSSR count). The largest absolute Gasteiger partial charge is 0.496 e. The van der Waals surface area contributed by atoms with Crippen LogP contribution in [0.1, 0.15) is 29.5 Å². The molecule has 1 fully saturated rings. The normalized spacial score (nSPS) is 22.7. The van der Waals surface area contributed by atoms with E-state index < -0.39 is 0 Å². The maximum atomic E-state index is 5.79. The SMILES string of the molecule is COc1cc(C)cc(C)c1CNCC1CC(N)C1. The molecule has 100 valence electrons. The van der Waals surface area contributed by atoms with Gasteiger partial charge in [-0.1, -0.05) is 6.07 Å². The highest BCUT2D eigenvalue weighted by atomic mass is 16.5. The van der Waals surface area contributed by atoms with Crippen molar-refractivity contribution in [1.82, 2.24) is 5.32 Å². The number of benzene rings is 1. The molecule has 3 nitrogen and oxygen atoms in total. The van der Waals surface area contributed by atoms with Crippen LogP contribution in [0.4, 0.5) is 0 Å². The zero-order chi connectivity index (χ0) is 13.1. The van der Waals surface area contributed by atoms with Crippen LogP contribution in [-0.4, -0.2) is 19.7 Å². The minimum atomic E-state index is 0.437. The van der Waals surface area contributed by atoms with Crippen LogP contribution in [0.3, 0.4) is 0 Å². The first-order valence-electron chi connectivity index (χ1n) is 6.70. The first kappa shape index (κ1) is 13.4. The maximum absolute atomic E-state index is 5.79. The van der Waals surface area contributed by atoms with Crippen LogP contribution < -0.4 is 15.8 Å². The molecule has 3 heteroatoms. The van der Waals surface area contributed by atoms with E-state index in [4.69, 9.17) is 10.5 Å². The van der Waals surface area contributed by atoms with Gasteiger partial charge in [0.25, 0.3) is 0 Å². The van der Waals surface area contributed by atoms with Gasteiger partial charge in [-0.05, 0) is 56.3 Å². The van der Waals surface area contributed by atoms with E-state index in [0.717, 1.165) is 37.6 Å². The van der Waals surface area contributed by atoms with E-state index in [1.165, 1.54) is 16.7 Å². The molecule has 0 bridgehead atoms. The molecular formula is C15H24N2O. The van der Waals surface area contributed by atoms with Crippen LogP contribution in [0.2, 0.25) is 0 Å². The smallest absolute Gasteiger partial charge is 0.123 e. The van der Waals surface area contributed by atoms with Crippen LogP contribution in [0.5, 0.6) is 5.75 Å². The molecular weight excluding hydrogens is 224 g/mol. The number of nitrogens with two attached hydrogens (primary N) is 1. The molecule has 0 spiro atoms. The molecule has 18 heavy (non-hydrogen) atoms. The zero-order valence-corrected chi connectivity index (χ0v) is 11.6. The summed E-state index contributed by atoms with van der Waals surface area (Å²) in [6.45, 7) is 6.18. The molecule has 0 aromatic heterocycles. The monoisotopic (exact) mass is 248 g/mol. The standard InChI is InChI=1S/C15H24N2O/c1-10-4-11(2)14(15(5-10)18-3)9-17-8-12-6-13(16)7-12/h4-5,12-13,17H,6-9,16H2,1-3H3.